The van der Waals surface area contributed by atoms with E-state index < -0.39 is 0 Å². The highest BCUT2D eigenvalue weighted by Crippen LogP contribution is 2.31. The lowest BCUT2D eigenvalue weighted by Gasteiger charge is -2.18. The van der Waals surface area contributed by atoms with Gasteiger partial charge >= 0.3 is 0 Å². The molecule has 1 fully saturated rings. The minimum Gasteiger partial charge on any atom is -0.369 e. The van der Waals surface area contributed by atoms with E-state index >= 15 is 0 Å². The first-order valence-electron chi connectivity index (χ1n) is 12.4. The van der Waals surface area contributed by atoms with E-state index in [0.29, 0.717) is 12.1 Å². The highest BCUT2D eigenvalue weighted by atomic mass is 16.1. The summed E-state index contributed by atoms with van der Waals surface area (Å²) in [4.78, 5) is 32.6. The molecule has 0 bridgehead atoms. The zero-order valence-corrected chi connectivity index (χ0v) is 20.9. The molecular weight excluding hydrogens is 450 g/mol. The Hall–Kier alpha value is -4.07. The number of nitrogens with one attached hydrogen (secondary N) is 2. The molecule has 0 unspecified atom stereocenters. The van der Waals surface area contributed by atoms with E-state index in [-0.39, 0.29) is 11.8 Å². The molecule has 3 aromatic heterocycles. The quantitative estimate of drug-likeness (QED) is 0.363. The maximum Gasteiger partial charge on any atom is 0.251 e. The molecule has 0 spiro atoms. The highest BCUT2D eigenvalue weighted by molar-refractivity contribution is 6.06. The van der Waals surface area contributed by atoms with E-state index in [1.807, 2.05) is 24.4 Å². The van der Waals surface area contributed by atoms with Crippen LogP contribution in [0.5, 0.6) is 0 Å². The van der Waals surface area contributed by atoms with Gasteiger partial charge < -0.3 is 15.5 Å². The van der Waals surface area contributed by atoms with Crippen LogP contribution >= 0.6 is 0 Å². The number of pyridine rings is 2. The highest BCUT2D eigenvalue weighted by Gasteiger charge is 2.23. The third-order valence-electron chi connectivity index (χ3n) is 6.73. The van der Waals surface area contributed by atoms with Crippen LogP contribution in [-0.4, -0.2) is 53.0 Å². The first-order valence-corrected chi connectivity index (χ1v) is 12.4. The zero-order chi connectivity index (χ0) is 25.1. The number of anilines is 2. The predicted octanol–water partition coefficient (Wildman–Crippen LogP) is 4.51. The molecule has 1 atom stereocenters. The van der Waals surface area contributed by atoms with Gasteiger partial charge in [0, 0.05) is 62.5 Å². The van der Waals surface area contributed by atoms with Crippen molar-refractivity contribution in [3.8, 4) is 11.3 Å². The normalized spacial score (nSPS) is 13.9. The lowest BCUT2D eigenvalue weighted by molar-refractivity contribution is 0.0964. The Kier molecular flexibility index (Phi) is 6.75. The molecule has 4 aromatic rings. The second-order valence-corrected chi connectivity index (χ2v) is 9.48. The van der Waals surface area contributed by atoms with Gasteiger partial charge in [0.1, 0.15) is 18.0 Å². The summed E-state index contributed by atoms with van der Waals surface area (Å²) in [5, 5.41) is 6.99. The minimum atomic E-state index is -0.115. The van der Waals surface area contributed by atoms with Crippen LogP contribution in [0.25, 0.3) is 22.2 Å². The minimum absolute atomic E-state index is 0.115. The zero-order valence-electron chi connectivity index (χ0n) is 20.9. The number of aromatic nitrogens is 4. The molecular formula is C28H31N7O. The Morgan fingerprint density at radius 2 is 1.97 bits per heavy atom. The number of fused-ring (bicyclic) bond motifs is 1. The molecule has 2 N–H and O–H groups in total. The van der Waals surface area contributed by atoms with Crippen LogP contribution in [0.1, 0.15) is 41.6 Å². The van der Waals surface area contributed by atoms with Crippen molar-refractivity contribution in [2.45, 2.75) is 25.7 Å². The standard InChI is InChI=1S/C28H31N7O/c1-18(21-5-4-6-22-23(28(36)29-2)11-12-30-27(21)22)14-31-25-13-24(33-17-34-25)20-9-10-26(32-15-20)35(3)16-19-7-8-19/h4-6,9-13,15,17-19H,7-8,14,16H2,1-3H3,(H,29,36)(H,31,33,34)/t18-/m1/s1. The van der Waals surface area contributed by atoms with Crippen molar-refractivity contribution in [1.82, 2.24) is 25.3 Å². The average Bonchev–Trinajstić information content (AvgIpc) is 3.75. The molecule has 8 nitrogen and oxygen atoms in total. The third kappa shape index (κ3) is 5.12. The van der Waals surface area contributed by atoms with Crippen LogP contribution in [0.2, 0.25) is 0 Å². The van der Waals surface area contributed by atoms with Crippen molar-refractivity contribution in [2.75, 3.05) is 37.4 Å². The topological polar surface area (TPSA) is 95.9 Å². The van der Waals surface area contributed by atoms with Gasteiger partial charge in [0.05, 0.1) is 16.8 Å². The molecule has 0 saturated heterocycles. The Morgan fingerprint density at radius 1 is 1.11 bits per heavy atom. The number of hydrogen-bond donors (Lipinski definition) is 2. The van der Waals surface area contributed by atoms with Gasteiger partial charge in [0.15, 0.2) is 0 Å². The molecule has 184 valence electrons. The second-order valence-electron chi connectivity index (χ2n) is 9.48. The molecule has 1 saturated carbocycles. The molecule has 1 aliphatic rings. The van der Waals surface area contributed by atoms with Crippen molar-refractivity contribution in [3.63, 3.8) is 0 Å². The number of carbonyl (C=O) groups excluding carboxylic acids is 1. The monoisotopic (exact) mass is 481 g/mol. The average molecular weight is 482 g/mol. The van der Waals surface area contributed by atoms with Gasteiger partial charge in [-0.15, -0.1) is 0 Å². The summed E-state index contributed by atoms with van der Waals surface area (Å²) in [6, 6.07) is 13.8. The van der Waals surface area contributed by atoms with E-state index in [1.165, 1.54) is 12.8 Å². The number of benzene rings is 1. The van der Waals surface area contributed by atoms with Crippen LogP contribution < -0.4 is 15.5 Å². The van der Waals surface area contributed by atoms with Crippen LogP contribution in [0.3, 0.4) is 0 Å². The second kappa shape index (κ2) is 10.3. The van der Waals surface area contributed by atoms with Crippen molar-refractivity contribution in [2.24, 2.45) is 5.92 Å². The van der Waals surface area contributed by atoms with Crippen LogP contribution in [0, 0.1) is 5.92 Å². The fourth-order valence-corrected chi connectivity index (χ4v) is 4.45. The fourth-order valence-electron chi connectivity index (χ4n) is 4.45. The van der Waals surface area contributed by atoms with Crippen LogP contribution in [0.4, 0.5) is 11.6 Å². The Bertz CT molecular complexity index is 1370. The smallest absolute Gasteiger partial charge is 0.251 e. The van der Waals surface area contributed by atoms with Crippen LogP contribution in [0.15, 0.2) is 61.2 Å². The van der Waals surface area contributed by atoms with E-state index in [1.54, 1.807) is 25.6 Å². The lowest BCUT2D eigenvalue weighted by atomic mass is 9.96. The molecule has 0 radical (unpaired) electrons. The number of hydrogen-bond acceptors (Lipinski definition) is 7. The van der Waals surface area contributed by atoms with Gasteiger partial charge in [-0.3, -0.25) is 9.78 Å². The molecule has 1 aliphatic carbocycles. The van der Waals surface area contributed by atoms with E-state index in [9.17, 15) is 4.79 Å². The van der Waals surface area contributed by atoms with Crippen molar-refractivity contribution in [3.05, 3.63) is 72.3 Å². The van der Waals surface area contributed by atoms with Crippen molar-refractivity contribution < 1.29 is 4.79 Å². The summed E-state index contributed by atoms with van der Waals surface area (Å²) in [6.45, 7) is 3.86. The summed E-state index contributed by atoms with van der Waals surface area (Å²) in [6.07, 6.45) is 7.79. The molecule has 1 amide bonds. The molecule has 5 rings (SSSR count). The molecule has 3 heterocycles. The van der Waals surface area contributed by atoms with E-state index in [4.69, 9.17) is 0 Å². The maximum atomic E-state index is 12.3. The summed E-state index contributed by atoms with van der Waals surface area (Å²) >= 11 is 0. The predicted molar refractivity (Wildman–Crippen MR) is 143 cm³/mol. The Balaban J connectivity index is 1.29. The van der Waals surface area contributed by atoms with Gasteiger partial charge in [0.2, 0.25) is 0 Å². The summed E-state index contributed by atoms with van der Waals surface area (Å²) in [7, 11) is 3.73. The molecule has 1 aromatic carbocycles. The maximum absolute atomic E-state index is 12.3. The number of nitrogens with zero attached hydrogens (tertiary/aromatic N) is 5. The van der Waals surface area contributed by atoms with Gasteiger partial charge in [-0.05, 0) is 42.5 Å². The summed E-state index contributed by atoms with van der Waals surface area (Å²) < 4.78 is 0. The Morgan fingerprint density at radius 3 is 2.72 bits per heavy atom. The SMILES string of the molecule is CNC(=O)c1ccnc2c([C@H](C)CNc3cc(-c4ccc(N(C)CC5CC5)nc4)ncn3)cccc12. The number of rotatable bonds is 9. The molecule has 36 heavy (non-hydrogen) atoms. The van der Waals surface area contributed by atoms with Crippen LogP contribution in [-0.2, 0) is 0 Å². The number of amides is 1. The van der Waals surface area contributed by atoms with Gasteiger partial charge in [-0.2, -0.15) is 0 Å². The summed E-state index contributed by atoms with van der Waals surface area (Å²) in [5.74, 6) is 2.58. The van der Waals surface area contributed by atoms with Gasteiger partial charge in [-0.25, -0.2) is 15.0 Å². The number of para-hydroxylation sites is 1. The van der Waals surface area contributed by atoms with Gasteiger partial charge in [0.25, 0.3) is 5.91 Å². The molecule has 0 aliphatic heterocycles. The molecule has 8 heteroatoms. The van der Waals surface area contributed by atoms with E-state index in [0.717, 1.165) is 51.8 Å². The fraction of sp³-hybridized carbons (Fsp3) is 0.321. The lowest BCUT2D eigenvalue weighted by Crippen LogP contribution is -2.20. The Labute approximate surface area is 211 Å². The van der Waals surface area contributed by atoms with Gasteiger partial charge in [-0.1, -0.05) is 25.1 Å². The van der Waals surface area contributed by atoms with Crippen molar-refractivity contribution in [1.29, 1.82) is 0 Å². The number of carbonyl (C=O) groups is 1. The first-order chi connectivity index (χ1) is 17.5. The van der Waals surface area contributed by atoms with Crippen molar-refractivity contribution >= 4 is 28.4 Å². The summed E-state index contributed by atoms with van der Waals surface area (Å²) in [5.41, 5.74) is 4.33. The van der Waals surface area contributed by atoms with E-state index in [2.05, 4.69) is 67.6 Å². The largest absolute Gasteiger partial charge is 0.369 e. The first kappa shape index (κ1) is 23.7. The third-order valence-corrected chi connectivity index (χ3v) is 6.73.